The van der Waals surface area contributed by atoms with Crippen LogP contribution >= 0.6 is 7.82 Å². The van der Waals surface area contributed by atoms with Crippen molar-refractivity contribution < 1.29 is 32.9 Å². The van der Waals surface area contributed by atoms with Gasteiger partial charge in [0.25, 0.3) is 0 Å². The minimum absolute atomic E-state index is 0.0655. The van der Waals surface area contributed by atoms with E-state index in [9.17, 15) is 19.4 Å². The number of hydrogen-bond donors (Lipinski definition) is 3. The van der Waals surface area contributed by atoms with Crippen molar-refractivity contribution in [3.05, 3.63) is 122 Å². The number of carbonyl (C=O) groups is 1. The summed E-state index contributed by atoms with van der Waals surface area (Å²) in [6.45, 7) is 4.61. The Kier molecular flexibility index (Phi) is 43.8. The number of unbranched alkanes of at least 4 members (excludes halogenated alkanes) is 11. The van der Waals surface area contributed by atoms with Crippen LogP contribution in [0.25, 0.3) is 0 Å². The van der Waals surface area contributed by atoms with Gasteiger partial charge in [-0.05, 0) is 89.9 Å². The molecule has 370 valence electrons. The minimum atomic E-state index is -4.31. The maximum absolute atomic E-state index is 12.8. The van der Waals surface area contributed by atoms with Gasteiger partial charge >= 0.3 is 7.82 Å². The zero-order valence-corrected chi connectivity index (χ0v) is 42.8. The molecular formula is C56H96N2O6P+. The molecule has 0 heterocycles. The van der Waals surface area contributed by atoms with Crippen LogP contribution in [0.4, 0.5) is 0 Å². The van der Waals surface area contributed by atoms with Gasteiger partial charge in [0.05, 0.1) is 39.9 Å². The lowest BCUT2D eigenvalue weighted by atomic mass is 10.0. The molecule has 0 spiro atoms. The molecule has 0 saturated carbocycles. The number of phosphoric ester groups is 1. The molecule has 3 unspecified atom stereocenters. The molecule has 0 fully saturated rings. The smallest absolute Gasteiger partial charge is 0.391 e. The molecule has 0 aromatic rings. The number of likely N-dealkylation sites (N-methyl/N-ethyl adjacent to an activating group) is 1. The van der Waals surface area contributed by atoms with Crippen LogP contribution < -0.4 is 5.32 Å². The molecule has 0 rings (SSSR count). The number of allylic oxidation sites excluding steroid dienone is 20. The van der Waals surface area contributed by atoms with Crippen molar-refractivity contribution in [2.75, 3.05) is 40.9 Å². The molecular weight excluding hydrogens is 828 g/mol. The highest BCUT2D eigenvalue weighted by atomic mass is 31.2. The first-order chi connectivity index (χ1) is 31.5. The summed E-state index contributed by atoms with van der Waals surface area (Å²) < 4.78 is 23.4. The Hall–Kier alpha value is -3.10. The lowest BCUT2D eigenvalue weighted by molar-refractivity contribution is -0.870. The second-order valence-corrected chi connectivity index (χ2v) is 19.3. The van der Waals surface area contributed by atoms with Crippen molar-refractivity contribution >= 4 is 13.7 Å². The number of aliphatic hydroxyl groups excluding tert-OH is 1. The average Bonchev–Trinajstić information content (AvgIpc) is 3.26. The van der Waals surface area contributed by atoms with Crippen LogP contribution in [0.15, 0.2) is 122 Å². The largest absolute Gasteiger partial charge is 0.472 e. The fourth-order valence-corrected chi connectivity index (χ4v) is 7.22. The lowest BCUT2D eigenvalue weighted by Gasteiger charge is -2.26. The van der Waals surface area contributed by atoms with Crippen molar-refractivity contribution in [3.8, 4) is 0 Å². The number of aliphatic hydroxyl groups is 1. The fourth-order valence-electron chi connectivity index (χ4n) is 6.48. The van der Waals surface area contributed by atoms with E-state index in [0.717, 1.165) is 116 Å². The third-order valence-electron chi connectivity index (χ3n) is 10.5. The van der Waals surface area contributed by atoms with Crippen LogP contribution in [0, 0.1) is 0 Å². The van der Waals surface area contributed by atoms with Crippen molar-refractivity contribution in [1.82, 2.24) is 5.32 Å². The van der Waals surface area contributed by atoms with Crippen LogP contribution in [0.2, 0.25) is 0 Å². The molecule has 65 heavy (non-hydrogen) atoms. The number of phosphoric acid groups is 1. The quantitative estimate of drug-likeness (QED) is 0.0243. The monoisotopic (exact) mass is 924 g/mol. The van der Waals surface area contributed by atoms with E-state index in [2.05, 4.69) is 141 Å². The Morgan fingerprint density at radius 2 is 0.923 bits per heavy atom. The Bertz CT molecular complexity index is 1460. The van der Waals surface area contributed by atoms with E-state index in [1.54, 1.807) is 0 Å². The summed E-state index contributed by atoms with van der Waals surface area (Å²) in [4.78, 5) is 22.9. The number of nitrogens with one attached hydrogen (secondary N) is 1. The molecule has 3 N–H and O–H groups in total. The minimum Gasteiger partial charge on any atom is -0.391 e. The maximum Gasteiger partial charge on any atom is 0.472 e. The van der Waals surface area contributed by atoms with E-state index in [1.807, 2.05) is 21.1 Å². The Labute approximate surface area is 399 Å². The second kappa shape index (κ2) is 46.0. The summed E-state index contributed by atoms with van der Waals surface area (Å²) >= 11 is 0. The van der Waals surface area contributed by atoms with Gasteiger partial charge in [-0.15, -0.1) is 0 Å². The topological polar surface area (TPSA) is 105 Å². The average molecular weight is 924 g/mol. The Balaban J connectivity index is 3.93. The van der Waals surface area contributed by atoms with Crippen molar-refractivity contribution in [1.29, 1.82) is 0 Å². The van der Waals surface area contributed by atoms with Gasteiger partial charge in [0.1, 0.15) is 13.2 Å². The van der Waals surface area contributed by atoms with Gasteiger partial charge in [0.15, 0.2) is 0 Å². The van der Waals surface area contributed by atoms with E-state index in [-0.39, 0.29) is 19.1 Å². The standard InChI is InChI=1S/C56H95N2O6P/c1-6-8-10-12-13-14-15-16-17-18-19-20-21-22-23-24-25-26-27-28-29-30-31-32-33-34-35-36-37-38-39-40-41-42-43-44-45-46-48-50-56(60)57-54(55(59)49-47-11-9-7-2)53-64-65(61,62)63-52-51-58(3,4)5/h8,10,13-14,16-17,19-20,22-23,25-26,28-29,31-32,34-35,37-38,54-55,59H,6-7,9,11-12,15,18,21,24,27,30,33,36,39-53H2,1-5H3,(H-,57,60,61,62)/p+1/b10-8-,14-13-,17-16-,20-19-,23-22-,26-25-,29-28-,32-31-,35-34-,38-37-. The fraction of sp³-hybridized carbons (Fsp3) is 0.625. The van der Waals surface area contributed by atoms with Crippen LogP contribution in [-0.4, -0.2) is 73.4 Å². The van der Waals surface area contributed by atoms with Gasteiger partial charge in [-0.2, -0.15) is 0 Å². The van der Waals surface area contributed by atoms with Gasteiger partial charge < -0.3 is 19.8 Å². The number of nitrogens with zero attached hydrogens (tertiary/aromatic N) is 1. The first-order valence-corrected chi connectivity index (χ1v) is 26.9. The van der Waals surface area contributed by atoms with Crippen LogP contribution in [0.5, 0.6) is 0 Å². The van der Waals surface area contributed by atoms with E-state index in [1.165, 1.54) is 32.1 Å². The van der Waals surface area contributed by atoms with Gasteiger partial charge in [0.2, 0.25) is 5.91 Å². The van der Waals surface area contributed by atoms with E-state index < -0.39 is 20.0 Å². The highest BCUT2D eigenvalue weighted by Crippen LogP contribution is 2.43. The summed E-state index contributed by atoms with van der Waals surface area (Å²) in [6.07, 6.45) is 68.9. The summed E-state index contributed by atoms with van der Waals surface area (Å²) in [5.41, 5.74) is 0. The van der Waals surface area contributed by atoms with E-state index >= 15 is 0 Å². The van der Waals surface area contributed by atoms with E-state index in [4.69, 9.17) is 9.05 Å². The highest BCUT2D eigenvalue weighted by Gasteiger charge is 2.28. The number of rotatable bonds is 44. The molecule has 1 amide bonds. The van der Waals surface area contributed by atoms with Gasteiger partial charge in [-0.1, -0.05) is 200 Å². The van der Waals surface area contributed by atoms with Crippen LogP contribution in [0.1, 0.15) is 174 Å². The number of quaternary nitrogens is 1. The zero-order chi connectivity index (χ0) is 47.8. The van der Waals surface area contributed by atoms with Gasteiger partial charge in [0, 0.05) is 6.42 Å². The summed E-state index contributed by atoms with van der Waals surface area (Å²) in [5, 5.41) is 13.7. The molecule has 0 bridgehead atoms. The highest BCUT2D eigenvalue weighted by molar-refractivity contribution is 7.47. The molecule has 8 nitrogen and oxygen atoms in total. The van der Waals surface area contributed by atoms with Gasteiger partial charge in [-0.3, -0.25) is 13.8 Å². The van der Waals surface area contributed by atoms with Crippen molar-refractivity contribution in [3.63, 3.8) is 0 Å². The third-order valence-corrected chi connectivity index (χ3v) is 11.5. The Morgan fingerprint density at radius 3 is 1.34 bits per heavy atom. The Morgan fingerprint density at radius 1 is 0.538 bits per heavy atom. The molecule has 0 aliphatic carbocycles. The predicted molar refractivity (Wildman–Crippen MR) is 281 cm³/mol. The molecule has 0 radical (unpaired) electrons. The summed E-state index contributed by atoms with van der Waals surface area (Å²) in [5.74, 6) is -0.169. The molecule has 0 aliphatic heterocycles. The van der Waals surface area contributed by atoms with Crippen LogP contribution in [-0.2, 0) is 18.4 Å². The number of amides is 1. The molecule has 0 aliphatic rings. The molecule has 0 aromatic carbocycles. The van der Waals surface area contributed by atoms with Crippen molar-refractivity contribution in [2.45, 2.75) is 187 Å². The maximum atomic E-state index is 12.8. The first kappa shape index (κ1) is 61.9. The number of carbonyl (C=O) groups excluding carboxylic acids is 1. The summed E-state index contributed by atoms with van der Waals surface area (Å²) in [6, 6.07) is -0.768. The first-order valence-electron chi connectivity index (χ1n) is 25.4. The molecule has 0 saturated heterocycles. The lowest BCUT2D eigenvalue weighted by Crippen LogP contribution is -2.46. The SMILES string of the molecule is CC/C=C\C/C=C\C/C=C\C/C=C\C/C=C\C/C=C\C/C=C\C/C=C\C/C=C\C/C=C\CCCCCCCCCCC(=O)NC(COP(=O)(O)OCC[N+](C)(C)C)C(O)CCCCCC. The van der Waals surface area contributed by atoms with Crippen LogP contribution in [0.3, 0.4) is 0 Å². The normalized spacial score (nSPS) is 15.1. The molecule has 9 heteroatoms. The second-order valence-electron chi connectivity index (χ2n) is 17.8. The van der Waals surface area contributed by atoms with Crippen molar-refractivity contribution in [2.24, 2.45) is 0 Å². The zero-order valence-electron chi connectivity index (χ0n) is 41.9. The predicted octanol–water partition coefficient (Wildman–Crippen LogP) is 15.0. The third kappa shape index (κ3) is 48.6. The molecule has 0 aromatic heterocycles. The summed E-state index contributed by atoms with van der Waals surface area (Å²) in [7, 11) is 1.58. The molecule has 3 atom stereocenters. The van der Waals surface area contributed by atoms with Gasteiger partial charge in [-0.25, -0.2) is 4.57 Å². The number of hydrogen-bond acceptors (Lipinski definition) is 5. The van der Waals surface area contributed by atoms with E-state index in [0.29, 0.717) is 23.9 Å².